The van der Waals surface area contributed by atoms with E-state index in [1.807, 2.05) is 0 Å². The first-order valence-corrected chi connectivity index (χ1v) is 13.6. The molecule has 0 unspecified atom stereocenters. The van der Waals surface area contributed by atoms with Crippen LogP contribution in [0.5, 0.6) is 5.75 Å². The van der Waals surface area contributed by atoms with Gasteiger partial charge in [0.05, 0.1) is 30.6 Å². The number of rotatable bonds is 7. The van der Waals surface area contributed by atoms with E-state index in [1.54, 1.807) is 13.0 Å². The number of nitrogens with two attached hydrogens (primary N) is 1. The van der Waals surface area contributed by atoms with Crippen molar-refractivity contribution in [2.75, 3.05) is 25.6 Å². The third-order valence-electron chi connectivity index (χ3n) is 7.74. The van der Waals surface area contributed by atoms with Gasteiger partial charge in [0.1, 0.15) is 29.3 Å². The summed E-state index contributed by atoms with van der Waals surface area (Å²) < 4.78 is 68.2. The van der Waals surface area contributed by atoms with Crippen molar-refractivity contribution in [3.63, 3.8) is 0 Å². The summed E-state index contributed by atoms with van der Waals surface area (Å²) in [5, 5.41) is 16.2. The second-order valence-electron chi connectivity index (χ2n) is 11.0. The molecule has 4 aromatic rings. The number of ether oxygens (including phenoxy) is 2. The Morgan fingerprint density at radius 3 is 2.46 bits per heavy atom. The molecule has 46 heavy (non-hydrogen) atoms. The molecule has 2 aromatic heterocycles. The third-order valence-corrected chi connectivity index (χ3v) is 7.74. The Balaban J connectivity index is 1.58. The molecule has 5 rings (SSSR count). The summed E-state index contributed by atoms with van der Waals surface area (Å²) in [5.41, 5.74) is -0.0478. The molecule has 3 heterocycles. The summed E-state index contributed by atoms with van der Waals surface area (Å²) in [7, 11) is 1.12. The van der Waals surface area contributed by atoms with Gasteiger partial charge in [0, 0.05) is 28.3 Å². The maximum atomic E-state index is 14.7. The number of amides is 3. The number of hydrogen-bond donors (Lipinski definition) is 4. The van der Waals surface area contributed by atoms with Gasteiger partial charge in [-0.1, -0.05) is 0 Å². The smallest absolute Gasteiger partial charge is 0.424 e. The van der Waals surface area contributed by atoms with Crippen LogP contribution >= 0.6 is 0 Å². The molecule has 11 nitrogen and oxygen atoms in total. The molecule has 0 bridgehead atoms. The van der Waals surface area contributed by atoms with Crippen molar-refractivity contribution in [1.29, 1.82) is 0 Å². The summed E-state index contributed by atoms with van der Waals surface area (Å²) in [6, 6.07) is 9.66. The molecule has 5 N–H and O–H groups in total. The largest absolute Gasteiger partial charge is 0.489 e. The zero-order chi connectivity index (χ0) is 33.6. The standard InChI is InChI=1S/C31H27F4N5O6/c1-15-8-17-9-18(10-21(23(17)37-12-15)39-28(43)45-3)26(41)38-13-30(44,31(33,34)35)22-11-20-25(46-14-29(20,2)27(36)42)24(40-22)16-4-6-19(32)7-5-16/h4-12,44H,13-14H2,1-3H3,(H2,36,42)(H,38,41)(H,39,43)/t29-,30-/m0/s1. The number of pyridine rings is 2. The molecule has 0 saturated heterocycles. The minimum absolute atomic E-state index is 0.0514. The molecule has 0 saturated carbocycles. The number of carbonyl (C=O) groups is 3. The van der Waals surface area contributed by atoms with Crippen LogP contribution in [-0.4, -0.2) is 59.4 Å². The van der Waals surface area contributed by atoms with E-state index >= 15 is 0 Å². The third kappa shape index (κ3) is 5.64. The highest BCUT2D eigenvalue weighted by atomic mass is 19.4. The number of benzene rings is 2. The Morgan fingerprint density at radius 1 is 1.13 bits per heavy atom. The van der Waals surface area contributed by atoms with Crippen molar-refractivity contribution in [2.45, 2.75) is 31.0 Å². The molecule has 2 aromatic carbocycles. The average Bonchev–Trinajstić information content (AvgIpc) is 3.36. The van der Waals surface area contributed by atoms with E-state index in [9.17, 15) is 37.1 Å². The lowest BCUT2D eigenvalue weighted by atomic mass is 9.81. The highest BCUT2D eigenvalue weighted by molar-refractivity contribution is 6.05. The van der Waals surface area contributed by atoms with Crippen LogP contribution in [0.2, 0.25) is 0 Å². The predicted octanol–water partition coefficient (Wildman–Crippen LogP) is 4.24. The normalized spacial score (nSPS) is 17.0. The van der Waals surface area contributed by atoms with Gasteiger partial charge >= 0.3 is 12.3 Å². The number of carbonyl (C=O) groups excluding carboxylic acids is 3. The number of nitrogens with zero attached hydrogens (tertiary/aromatic N) is 2. The molecule has 2 atom stereocenters. The molecule has 3 amide bonds. The second kappa shape index (κ2) is 11.6. The number of nitrogens with one attached hydrogen (secondary N) is 2. The van der Waals surface area contributed by atoms with Crippen LogP contribution in [0.25, 0.3) is 22.2 Å². The quantitative estimate of drug-likeness (QED) is 0.218. The van der Waals surface area contributed by atoms with Crippen molar-refractivity contribution < 1.29 is 46.5 Å². The lowest BCUT2D eigenvalue weighted by Gasteiger charge is -2.31. The number of methoxy groups -OCH3 is 1. The van der Waals surface area contributed by atoms with E-state index in [4.69, 9.17) is 10.5 Å². The van der Waals surface area contributed by atoms with Crippen LogP contribution in [0.1, 0.15) is 34.1 Å². The number of fused-ring (bicyclic) bond motifs is 2. The Hall–Kier alpha value is -5.31. The van der Waals surface area contributed by atoms with Gasteiger partial charge in [0.2, 0.25) is 11.5 Å². The van der Waals surface area contributed by atoms with E-state index in [0.717, 1.165) is 25.3 Å². The zero-order valence-corrected chi connectivity index (χ0v) is 24.6. The molecule has 0 fully saturated rings. The topological polar surface area (TPSA) is 166 Å². The van der Waals surface area contributed by atoms with Crippen LogP contribution in [0.3, 0.4) is 0 Å². The van der Waals surface area contributed by atoms with Crippen molar-refractivity contribution in [3.05, 3.63) is 82.9 Å². The van der Waals surface area contributed by atoms with E-state index in [2.05, 4.69) is 25.3 Å². The Bertz CT molecular complexity index is 1880. The van der Waals surface area contributed by atoms with Crippen molar-refractivity contribution in [3.8, 4) is 17.0 Å². The molecule has 0 aliphatic carbocycles. The fourth-order valence-corrected chi connectivity index (χ4v) is 5.00. The number of aromatic nitrogens is 2. The number of alkyl halides is 3. The number of halogens is 4. The summed E-state index contributed by atoms with van der Waals surface area (Å²) in [6.45, 7) is 1.36. The van der Waals surface area contributed by atoms with Gasteiger partial charge in [-0.2, -0.15) is 13.2 Å². The maximum Gasteiger partial charge on any atom is 0.424 e. The van der Waals surface area contributed by atoms with Gasteiger partial charge in [-0.25, -0.2) is 14.2 Å². The predicted molar refractivity (Wildman–Crippen MR) is 156 cm³/mol. The zero-order valence-electron chi connectivity index (χ0n) is 24.6. The number of hydrogen-bond acceptors (Lipinski definition) is 8. The van der Waals surface area contributed by atoms with Crippen LogP contribution < -0.4 is 21.1 Å². The van der Waals surface area contributed by atoms with E-state index < -0.39 is 53.2 Å². The first kappa shape index (κ1) is 32.1. The van der Waals surface area contributed by atoms with Gasteiger partial charge in [-0.3, -0.25) is 19.9 Å². The van der Waals surface area contributed by atoms with E-state index in [1.165, 1.54) is 37.4 Å². The molecule has 0 radical (unpaired) electrons. The van der Waals surface area contributed by atoms with Crippen molar-refractivity contribution >= 4 is 34.5 Å². The van der Waals surface area contributed by atoms with Crippen LogP contribution in [-0.2, 0) is 20.5 Å². The minimum atomic E-state index is -5.41. The van der Waals surface area contributed by atoms with Crippen molar-refractivity contribution in [1.82, 2.24) is 15.3 Å². The van der Waals surface area contributed by atoms with E-state index in [0.29, 0.717) is 10.9 Å². The monoisotopic (exact) mass is 641 g/mol. The molecule has 1 aliphatic heterocycles. The molecule has 240 valence electrons. The number of aryl methyl sites for hydroxylation is 1. The highest BCUT2D eigenvalue weighted by Gasteiger charge is 2.57. The molecular weight excluding hydrogens is 614 g/mol. The van der Waals surface area contributed by atoms with Crippen LogP contribution in [0.4, 0.5) is 28.0 Å². The highest BCUT2D eigenvalue weighted by Crippen LogP contribution is 2.47. The Kier molecular flexibility index (Phi) is 8.07. The van der Waals surface area contributed by atoms with Crippen LogP contribution in [0.15, 0.2) is 54.7 Å². The lowest BCUT2D eigenvalue weighted by Crippen LogP contribution is -2.51. The SMILES string of the molecule is COC(=O)Nc1cc(C(=O)NC[C@](O)(c2cc3c(c(-c4ccc(F)cc4)n2)OC[C@]3(C)C(N)=O)C(F)(F)F)cc2cc(C)cnc12. The molecular formula is C31H27F4N5O6. The summed E-state index contributed by atoms with van der Waals surface area (Å²) in [5.74, 6) is -2.63. The minimum Gasteiger partial charge on any atom is -0.489 e. The fraction of sp³-hybridized carbons (Fsp3) is 0.258. The molecule has 1 aliphatic rings. The number of anilines is 1. The second-order valence-corrected chi connectivity index (χ2v) is 11.0. The fourth-order valence-electron chi connectivity index (χ4n) is 5.00. The van der Waals surface area contributed by atoms with Crippen molar-refractivity contribution in [2.24, 2.45) is 5.73 Å². The number of primary amides is 1. The number of aliphatic hydroxyl groups is 1. The van der Waals surface area contributed by atoms with Gasteiger partial charge in [-0.15, -0.1) is 0 Å². The van der Waals surface area contributed by atoms with Crippen LogP contribution in [0, 0.1) is 12.7 Å². The Labute approximate surface area is 258 Å². The Morgan fingerprint density at radius 2 is 1.83 bits per heavy atom. The van der Waals surface area contributed by atoms with Gasteiger partial charge in [-0.05, 0) is 67.9 Å². The van der Waals surface area contributed by atoms with E-state index in [-0.39, 0.29) is 45.9 Å². The summed E-state index contributed by atoms with van der Waals surface area (Å²) in [6.07, 6.45) is -4.77. The first-order chi connectivity index (χ1) is 21.6. The summed E-state index contributed by atoms with van der Waals surface area (Å²) >= 11 is 0. The van der Waals surface area contributed by atoms with Gasteiger partial charge < -0.3 is 25.6 Å². The lowest BCUT2D eigenvalue weighted by molar-refractivity contribution is -0.265. The molecule has 0 spiro atoms. The average molecular weight is 642 g/mol. The molecule has 15 heteroatoms. The maximum absolute atomic E-state index is 14.7. The summed E-state index contributed by atoms with van der Waals surface area (Å²) in [4.78, 5) is 46.0. The van der Waals surface area contributed by atoms with Gasteiger partial charge in [0.25, 0.3) is 5.91 Å². The van der Waals surface area contributed by atoms with Gasteiger partial charge in [0.15, 0.2) is 0 Å². The first-order valence-electron chi connectivity index (χ1n) is 13.6.